The molecule has 2 heteroatoms. The molecule has 1 atom stereocenters. The predicted octanol–water partition coefficient (Wildman–Crippen LogP) is 2.37. The largest absolute Gasteiger partial charge is 0.385 e. The lowest BCUT2D eigenvalue weighted by Crippen LogP contribution is -2.24. The van der Waals surface area contributed by atoms with E-state index in [1.807, 2.05) is 33.2 Å². The molecule has 1 unspecified atom stereocenters. The second kappa shape index (κ2) is 3.53. The third-order valence-electron chi connectivity index (χ3n) is 3.32. The molecule has 1 fully saturated rings. The van der Waals surface area contributed by atoms with E-state index in [0.29, 0.717) is 5.92 Å². The van der Waals surface area contributed by atoms with Crippen molar-refractivity contribution in [1.82, 2.24) is 0 Å². The van der Waals surface area contributed by atoms with Gasteiger partial charge in [-0.05, 0) is 43.4 Å². The van der Waals surface area contributed by atoms with E-state index in [2.05, 4.69) is 17.0 Å². The molecule has 1 aliphatic rings. The molecule has 0 radical (unpaired) electrons. The summed E-state index contributed by atoms with van der Waals surface area (Å²) in [6.07, 6.45) is 2.30. The zero-order valence-electron chi connectivity index (χ0n) is 9.70. The summed E-state index contributed by atoms with van der Waals surface area (Å²) in [6.45, 7) is 1.93. The number of rotatable bonds is 3. The van der Waals surface area contributed by atoms with Crippen molar-refractivity contribution in [1.29, 1.82) is 0 Å². The lowest BCUT2D eigenvalue weighted by atomic mass is 9.90. The van der Waals surface area contributed by atoms with Crippen LogP contribution in [0, 0.1) is 5.92 Å². The highest BCUT2D eigenvalue weighted by molar-refractivity contribution is 5.48. The van der Waals surface area contributed by atoms with E-state index in [1.54, 1.807) is 0 Å². The minimum atomic E-state index is -0.647. The Kier molecular flexibility index (Phi) is 2.47. The van der Waals surface area contributed by atoms with E-state index in [4.69, 9.17) is 0 Å². The van der Waals surface area contributed by atoms with E-state index in [1.165, 1.54) is 0 Å². The molecule has 15 heavy (non-hydrogen) atoms. The first-order chi connectivity index (χ1) is 7.01. The monoisotopic (exact) mass is 205 g/mol. The average Bonchev–Trinajstić information content (AvgIpc) is 3.01. The number of benzene rings is 1. The summed E-state index contributed by atoms with van der Waals surface area (Å²) in [7, 11) is 4.04. The van der Waals surface area contributed by atoms with Gasteiger partial charge in [-0.2, -0.15) is 0 Å². The number of hydrogen-bond acceptors (Lipinski definition) is 2. The minimum absolute atomic E-state index is 0.454. The molecule has 0 spiro atoms. The Balaban J connectivity index is 2.31. The van der Waals surface area contributed by atoms with Gasteiger partial charge in [0.2, 0.25) is 0 Å². The third kappa shape index (κ3) is 2.00. The smallest absolute Gasteiger partial charge is 0.0897 e. The predicted molar refractivity (Wildman–Crippen MR) is 63.1 cm³/mol. The average molecular weight is 205 g/mol. The van der Waals surface area contributed by atoms with Crippen molar-refractivity contribution in [2.45, 2.75) is 25.4 Å². The molecule has 1 N–H and O–H groups in total. The molecule has 0 aliphatic heterocycles. The van der Waals surface area contributed by atoms with Crippen LogP contribution >= 0.6 is 0 Å². The van der Waals surface area contributed by atoms with Crippen molar-refractivity contribution in [3.63, 3.8) is 0 Å². The second-order valence-corrected chi connectivity index (χ2v) is 4.87. The Bertz CT molecular complexity index is 353. The second-order valence-electron chi connectivity index (χ2n) is 4.87. The minimum Gasteiger partial charge on any atom is -0.385 e. The van der Waals surface area contributed by atoms with Crippen LogP contribution in [-0.4, -0.2) is 19.2 Å². The highest BCUT2D eigenvalue weighted by Crippen LogP contribution is 2.45. The molecule has 1 aromatic carbocycles. The van der Waals surface area contributed by atoms with Gasteiger partial charge < -0.3 is 10.0 Å². The maximum absolute atomic E-state index is 10.4. The SMILES string of the molecule is CN(C)c1cccc(C(C)(O)C2CC2)c1. The Labute approximate surface area is 91.5 Å². The standard InChI is InChI=1S/C13H19NO/c1-13(15,10-7-8-10)11-5-4-6-12(9-11)14(2)3/h4-6,9-10,15H,7-8H2,1-3H3. The van der Waals surface area contributed by atoms with Crippen molar-refractivity contribution in [2.75, 3.05) is 19.0 Å². The summed E-state index contributed by atoms with van der Waals surface area (Å²) in [5, 5.41) is 10.4. The Hall–Kier alpha value is -1.02. The summed E-state index contributed by atoms with van der Waals surface area (Å²) < 4.78 is 0. The quantitative estimate of drug-likeness (QED) is 0.819. The van der Waals surface area contributed by atoms with Crippen LogP contribution in [0.3, 0.4) is 0 Å². The molecule has 0 amide bonds. The van der Waals surface area contributed by atoms with Gasteiger partial charge in [0.1, 0.15) is 0 Å². The van der Waals surface area contributed by atoms with E-state index >= 15 is 0 Å². The summed E-state index contributed by atoms with van der Waals surface area (Å²) in [4.78, 5) is 2.06. The van der Waals surface area contributed by atoms with Crippen LogP contribution < -0.4 is 4.90 Å². The van der Waals surface area contributed by atoms with Gasteiger partial charge in [0.05, 0.1) is 5.60 Å². The third-order valence-corrected chi connectivity index (χ3v) is 3.32. The first-order valence-electron chi connectivity index (χ1n) is 5.52. The van der Waals surface area contributed by atoms with Gasteiger partial charge in [-0.3, -0.25) is 0 Å². The van der Waals surface area contributed by atoms with Crippen LogP contribution in [0.2, 0.25) is 0 Å². The number of anilines is 1. The Morgan fingerprint density at radius 2 is 2.00 bits per heavy atom. The van der Waals surface area contributed by atoms with E-state index in [-0.39, 0.29) is 0 Å². The molecule has 82 valence electrons. The molecule has 1 aliphatic carbocycles. The highest BCUT2D eigenvalue weighted by atomic mass is 16.3. The molecular weight excluding hydrogens is 186 g/mol. The van der Waals surface area contributed by atoms with Crippen LogP contribution in [0.4, 0.5) is 5.69 Å². The van der Waals surface area contributed by atoms with Gasteiger partial charge in [-0.15, -0.1) is 0 Å². The van der Waals surface area contributed by atoms with Gasteiger partial charge >= 0.3 is 0 Å². The van der Waals surface area contributed by atoms with Crippen molar-refractivity contribution >= 4 is 5.69 Å². The number of nitrogens with zero attached hydrogens (tertiary/aromatic N) is 1. The molecule has 1 saturated carbocycles. The van der Waals surface area contributed by atoms with Gasteiger partial charge in [0, 0.05) is 19.8 Å². The summed E-state index contributed by atoms with van der Waals surface area (Å²) in [5.41, 5.74) is 1.54. The van der Waals surface area contributed by atoms with Crippen LogP contribution in [0.25, 0.3) is 0 Å². The van der Waals surface area contributed by atoms with Gasteiger partial charge in [0.25, 0.3) is 0 Å². The Morgan fingerprint density at radius 3 is 2.53 bits per heavy atom. The van der Waals surface area contributed by atoms with E-state index < -0.39 is 5.60 Å². The zero-order valence-corrected chi connectivity index (χ0v) is 9.70. The molecule has 1 aromatic rings. The van der Waals surface area contributed by atoms with Crippen molar-refractivity contribution in [3.8, 4) is 0 Å². The van der Waals surface area contributed by atoms with Crippen molar-refractivity contribution in [2.24, 2.45) is 5.92 Å². The van der Waals surface area contributed by atoms with Crippen LogP contribution in [-0.2, 0) is 5.60 Å². The summed E-state index contributed by atoms with van der Waals surface area (Å²) >= 11 is 0. The first kappa shape index (κ1) is 10.5. The molecule has 0 saturated heterocycles. The maximum Gasteiger partial charge on any atom is 0.0897 e. The summed E-state index contributed by atoms with van der Waals surface area (Å²) in [6, 6.07) is 8.18. The maximum atomic E-state index is 10.4. The lowest BCUT2D eigenvalue weighted by Gasteiger charge is -2.25. The highest BCUT2D eigenvalue weighted by Gasteiger charge is 2.41. The fraction of sp³-hybridized carbons (Fsp3) is 0.538. The Morgan fingerprint density at radius 1 is 1.33 bits per heavy atom. The van der Waals surface area contributed by atoms with Crippen molar-refractivity contribution < 1.29 is 5.11 Å². The molecule has 0 aromatic heterocycles. The first-order valence-corrected chi connectivity index (χ1v) is 5.52. The summed E-state index contributed by atoms with van der Waals surface area (Å²) in [5.74, 6) is 0.454. The van der Waals surface area contributed by atoms with Crippen LogP contribution in [0.5, 0.6) is 0 Å². The van der Waals surface area contributed by atoms with Gasteiger partial charge in [-0.1, -0.05) is 12.1 Å². The van der Waals surface area contributed by atoms with E-state index in [9.17, 15) is 5.11 Å². The molecule has 2 nitrogen and oxygen atoms in total. The van der Waals surface area contributed by atoms with Crippen LogP contribution in [0.1, 0.15) is 25.3 Å². The van der Waals surface area contributed by atoms with Crippen LogP contribution in [0.15, 0.2) is 24.3 Å². The fourth-order valence-electron chi connectivity index (χ4n) is 1.98. The van der Waals surface area contributed by atoms with E-state index in [0.717, 1.165) is 24.1 Å². The molecule has 0 bridgehead atoms. The molecular formula is C13H19NO. The van der Waals surface area contributed by atoms with Crippen molar-refractivity contribution in [3.05, 3.63) is 29.8 Å². The zero-order chi connectivity index (χ0) is 11.1. The lowest BCUT2D eigenvalue weighted by molar-refractivity contribution is 0.0331. The fourth-order valence-corrected chi connectivity index (χ4v) is 1.98. The topological polar surface area (TPSA) is 23.5 Å². The van der Waals surface area contributed by atoms with Gasteiger partial charge in [-0.25, -0.2) is 0 Å². The molecule has 2 rings (SSSR count). The number of aliphatic hydroxyl groups is 1. The van der Waals surface area contributed by atoms with Gasteiger partial charge in [0.15, 0.2) is 0 Å². The number of hydrogen-bond donors (Lipinski definition) is 1. The molecule has 0 heterocycles. The normalized spacial score (nSPS) is 19.7.